The van der Waals surface area contributed by atoms with Crippen molar-refractivity contribution < 1.29 is 24.5 Å². The van der Waals surface area contributed by atoms with Crippen LogP contribution in [-0.4, -0.2) is 39.5 Å². The molecule has 0 radical (unpaired) electrons. The summed E-state index contributed by atoms with van der Waals surface area (Å²) in [5.74, 6) is -1.98. The first-order chi connectivity index (χ1) is 16.3. The van der Waals surface area contributed by atoms with Crippen molar-refractivity contribution in [1.29, 1.82) is 0 Å². The average molecular weight is 416 g/mol. The van der Waals surface area contributed by atoms with Crippen LogP contribution >= 0.6 is 11.6 Å². The fourth-order valence-electron chi connectivity index (χ4n) is 2.62. The van der Waals surface area contributed by atoms with E-state index in [1.807, 2.05) is 0 Å². The van der Waals surface area contributed by atoms with Gasteiger partial charge in [0.2, 0.25) is 0 Å². The average Bonchev–Trinajstić information content (AvgIpc) is 2.75. The van der Waals surface area contributed by atoms with Crippen LogP contribution in [0.3, 0.4) is 0 Å². The van der Waals surface area contributed by atoms with E-state index in [-0.39, 0.29) is 22.7 Å². The van der Waals surface area contributed by atoms with E-state index in [2.05, 4.69) is 9.97 Å². The van der Waals surface area contributed by atoms with Gasteiger partial charge in [0.1, 0.15) is 17.3 Å². The van der Waals surface area contributed by atoms with E-state index in [4.69, 9.17) is 22.6 Å². The van der Waals surface area contributed by atoms with Gasteiger partial charge in [0.25, 0.3) is 5.91 Å². The molecule has 1 saturated heterocycles. The van der Waals surface area contributed by atoms with Gasteiger partial charge in [-0.3, -0.25) is 4.79 Å². The molecular weight excluding hydrogens is 384 g/mol. The zero-order chi connectivity index (χ0) is 27.3. The Kier molecular flexibility index (Phi) is 3.99. The molecule has 3 rings (SSSR count). The molecule has 1 unspecified atom stereocenters. The van der Waals surface area contributed by atoms with E-state index in [1.54, 1.807) is 0 Å². The Labute approximate surface area is 180 Å². The standard InChI is InChI=1S/C21H24ClF2N3O/c1-2-15-13-25-19(26-14-15)4-3-7-21(24)8-10-27(11-9-21)20(28)16-5-6-18(23)17(22)12-16/h5-6,12-14H,2-4,7-11H2,1H3/i2D2,4D2,7D2,8D2. The van der Waals surface area contributed by atoms with E-state index < -0.39 is 68.1 Å². The molecule has 28 heavy (non-hydrogen) atoms. The van der Waals surface area contributed by atoms with Crippen LogP contribution in [0.4, 0.5) is 8.78 Å². The summed E-state index contributed by atoms with van der Waals surface area (Å²) >= 11 is 5.71. The number of carbonyl (C=O) groups excluding carboxylic acids is 1. The summed E-state index contributed by atoms with van der Waals surface area (Å²) < 4.78 is 94.6. The minimum atomic E-state index is -3.18. The minimum absolute atomic E-state index is 0.0417. The van der Waals surface area contributed by atoms with E-state index in [1.165, 1.54) is 6.92 Å². The molecule has 7 heteroatoms. The molecule has 1 amide bonds. The van der Waals surface area contributed by atoms with Gasteiger partial charge in [-0.25, -0.2) is 18.7 Å². The topological polar surface area (TPSA) is 46.1 Å². The zero-order valence-electron chi connectivity index (χ0n) is 23.1. The second-order valence-electron chi connectivity index (χ2n) is 6.16. The highest BCUT2D eigenvalue weighted by molar-refractivity contribution is 6.31. The molecule has 1 fully saturated rings. The number of aryl methyl sites for hydroxylation is 2. The Morgan fingerprint density at radius 1 is 1.39 bits per heavy atom. The van der Waals surface area contributed by atoms with Crippen LogP contribution in [0, 0.1) is 5.82 Å². The molecule has 0 N–H and O–H groups in total. The second-order valence-corrected chi connectivity index (χ2v) is 6.57. The largest absolute Gasteiger partial charge is 0.338 e. The van der Waals surface area contributed by atoms with Crippen LogP contribution in [0.5, 0.6) is 0 Å². The third kappa shape index (κ3) is 5.04. The highest BCUT2D eigenvalue weighted by atomic mass is 35.5. The number of halogens is 3. The molecule has 0 saturated carbocycles. The van der Waals surface area contributed by atoms with Crippen LogP contribution in [0.25, 0.3) is 0 Å². The normalized spacial score (nSPS) is 27.2. The Morgan fingerprint density at radius 3 is 2.79 bits per heavy atom. The highest BCUT2D eigenvalue weighted by Gasteiger charge is 2.35. The smallest absolute Gasteiger partial charge is 0.253 e. The number of nitrogens with zero attached hydrogens (tertiary/aromatic N) is 3. The molecule has 0 bridgehead atoms. The first-order valence-electron chi connectivity index (χ1n) is 12.6. The lowest BCUT2D eigenvalue weighted by Crippen LogP contribution is -2.44. The summed E-state index contributed by atoms with van der Waals surface area (Å²) in [6.07, 6.45) is -10.1. The Morgan fingerprint density at radius 2 is 2.14 bits per heavy atom. The first kappa shape index (κ1) is 12.5. The summed E-state index contributed by atoms with van der Waals surface area (Å²) in [6.45, 7) is 0.0646. The van der Waals surface area contributed by atoms with Crippen LogP contribution in [0.15, 0.2) is 30.6 Å². The summed E-state index contributed by atoms with van der Waals surface area (Å²) in [4.78, 5) is 21.3. The van der Waals surface area contributed by atoms with Crippen molar-refractivity contribution in [3.8, 4) is 0 Å². The molecule has 4 nitrogen and oxygen atoms in total. The molecule has 1 aliphatic rings. The summed E-state index contributed by atoms with van der Waals surface area (Å²) in [7, 11) is 0. The van der Waals surface area contributed by atoms with E-state index in [9.17, 15) is 9.18 Å². The Hall–Kier alpha value is -2.08. The molecule has 1 atom stereocenters. The van der Waals surface area contributed by atoms with Crippen LogP contribution in [-0.2, 0) is 12.7 Å². The van der Waals surface area contributed by atoms with Crippen molar-refractivity contribution in [3.63, 3.8) is 0 Å². The molecule has 0 aliphatic carbocycles. The summed E-state index contributed by atoms with van der Waals surface area (Å²) in [5, 5.41) is -0.315. The van der Waals surface area contributed by atoms with Crippen LogP contribution in [0.2, 0.25) is 5.02 Å². The number of benzene rings is 1. The van der Waals surface area contributed by atoms with Gasteiger partial charge in [0.05, 0.1) is 5.02 Å². The number of carbonyl (C=O) groups is 1. The van der Waals surface area contributed by atoms with Crippen molar-refractivity contribution in [3.05, 3.63) is 58.4 Å². The number of piperidine rings is 1. The molecule has 1 aromatic carbocycles. The monoisotopic (exact) mass is 415 g/mol. The lowest BCUT2D eigenvalue weighted by atomic mass is 9.88. The molecule has 0 spiro atoms. The molecular formula is C21H24ClF2N3O. The van der Waals surface area contributed by atoms with Gasteiger partial charge in [-0.15, -0.1) is 0 Å². The number of rotatable bonds is 6. The second kappa shape index (κ2) is 8.95. The van der Waals surface area contributed by atoms with Gasteiger partial charge in [0, 0.05) is 48.4 Å². The number of hydrogen-bond donors (Lipinski definition) is 0. The van der Waals surface area contributed by atoms with Gasteiger partial charge in [-0.2, -0.15) is 0 Å². The van der Waals surface area contributed by atoms with Crippen molar-refractivity contribution in [2.24, 2.45) is 0 Å². The highest BCUT2D eigenvalue weighted by Crippen LogP contribution is 2.32. The Balaban J connectivity index is 1.81. The van der Waals surface area contributed by atoms with Crippen molar-refractivity contribution in [1.82, 2.24) is 14.9 Å². The number of amides is 1. The molecule has 1 aromatic heterocycles. The van der Waals surface area contributed by atoms with Gasteiger partial charge in [-0.1, -0.05) is 18.5 Å². The van der Waals surface area contributed by atoms with Gasteiger partial charge in [0.15, 0.2) is 0 Å². The zero-order valence-corrected chi connectivity index (χ0v) is 15.9. The summed E-state index contributed by atoms with van der Waals surface area (Å²) in [5.41, 5.74) is -3.14. The van der Waals surface area contributed by atoms with E-state index in [0.29, 0.717) is 0 Å². The van der Waals surface area contributed by atoms with Crippen molar-refractivity contribution in [2.75, 3.05) is 13.1 Å². The predicted molar refractivity (Wildman–Crippen MR) is 105 cm³/mol. The third-order valence-electron chi connectivity index (χ3n) is 4.29. The number of alkyl halides is 1. The maximum atomic E-state index is 16.1. The molecule has 150 valence electrons. The third-order valence-corrected chi connectivity index (χ3v) is 4.58. The summed E-state index contributed by atoms with van der Waals surface area (Å²) in [6, 6.07) is 3.19. The van der Waals surface area contributed by atoms with Gasteiger partial charge < -0.3 is 4.90 Å². The fraction of sp³-hybridized carbons (Fsp3) is 0.476. The van der Waals surface area contributed by atoms with Gasteiger partial charge >= 0.3 is 0 Å². The molecule has 2 aromatic rings. The van der Waals surface area contributed by atoms with Crippen LogP contribution < -0.4 is 0 Å². The fourth-order valence-corrected chi connectivity index (χ4v) is 2.81. The maximum Gasteiger partial charge on any atom is 0.253 e. The van der Waals surface area contributed by atoms with Crippen LogP contribution in [0.1, 0.15) is 65.2 Å². The Bertz CT molecular complexity index is 1150. The number of likely N-dealkylation sites (tertiary alicyclic amines) is 1. The number of aromatic nitrogens is 2. The number of hydrogen-bond acceptors (Lipinski definition) is 3. The minimum Gasteiger partial charge on any atom is -0.338 e. The molecule has 1 aliphatic heterocycles. The van der Waals surface area contributed by atoms with E-state index >= 15 is 4.39 Å². The lowest BCUT2D eigenvalue weighted by Gasteiger charge is -2.36. The van der Waals surface area contributed by atoms with Crippen molar-refractivity contribution in [2.45, 2.75) is 50.9 Å². The lowest BCUT2D eigenvalue weighted by molar-refractivity contribution is 0.0389. The maximum absolute atomic E-state index is 16.1. The van der Waals surface area contributed by atoms with E-state index in [0.717, 1.165) is 35.5 Å². The van der Waals surface area contributed by atoms with Gasteiger partial charge in [-0.05, 0) is 55.7 Å². The first-order valence-corrected chi connectivity index (χ1v) is 8.95. The predicted octanol–water partition coefficient (Wildman–Crippen LogP) is 4.80. The quantitative estimate of drug-likeness (QED) is 0.680. The molecule has 2 heterocycles. The van der Waals surface area contributed by atoms with Crippen molar-refractivity contribution >= 4 is 17.5 Å². The SMILES string of the molecule is [2H]C([2H])(C)c1cnc(C([2H])([2H])CC([2H])([2H])C2(F)CCN(C(=O)c3ccc(F)c(Cl)c3)CC2([2H])[2H])nc1.